The van der Waals surface area contributed by atoms with Crippen molar-refractivity contribution < 1.29 is 9.32 Å². The van der Waals surface area contributed by atoms with E-state index in [0.29, 0.717) is 31.1 Å². The average Bonchev–Trinajstić information content (AvgIpc) is 2.82. The summed E-state index contributed by atoms with van der Waals surface area (Å²) in [5.74, 6) is 1.46. The molecule has 0 aliphatic carbocycles. The molecule has 1 heterocycles. The third-order valence-electron chi connectivity index (χ3n) is 2.66. The number of aromatic nitrogens is 2. The standard InChI is InChI=1S/C12H22N4O2/c1-8(2)12-15-11(18-16-12)6-5-10(17)14-7-9(3)13-4/h8-9,13H,5-7H2,1-4H3,(H,14,17). The molecule has 0 aliphatic rings. The summed E-state index contributed by atoms with van der Waals surface area (Å²) in [5.41, 5.74) is 0. The highest BCUT2D eigenvalue weighted by Crippen LogP contribution is 2.10. The predicted molar refractivity (Wildman–Crippen MR) is 68.2 cm³/mol. The highest BCUT2D eigenvalue weighted by Gasteiger charge is 2.11. The zero-order valence-electron chi connectivity index (χ0n) is 11.5. The highest BCUT2D eigenvalue weighted by atomic mass is 16.5. The second-order valence-electron chi connectivity index (χ2n) is 4.69. The SMILES string of the molecule is CNC(C)CNC(=O)CCc1nc(C(C)C)no1. The molecule has 1 unspecified atom stereocenters. The fourth-order valence-corrected chi connectivity index (χ4v) is 1.28. The molecule has 1 atom stereocenters. The van der Waals surface area contributed by atoms with E-state index in [4.69, 9.17) is 4.52 Å². The molecule has 0 fully saturated rings. The van der Waals surface area contributed by atoms with Crippen molar-refractivity contribution in [2.75, 3.05) is 13.6 Å². The maximum Gasteiger partial charge on any atom is 0.227 e. The summed E-state index contributed by atoms with van der Waals surface area (Å²) >= 11 is 0. The minimum Gasteiger partial charge on any atom is -0.355 e. The van der Waals surface area contributed by atoms with Gasteiger partial charge in [-0.15, -0.1) is 0 Å². The van der Waals surface area contributed by atoms with Gasteiger partial charge in [0.15, 0.2) is 5.82 Å². The number of rotatable bonds is 7. The largest absolute Gasteiger partial charge is 0.355 e. The molecule has 102 valence electrons. The first-order chi connectivity index (χ1) is 8.52. The number of hydrogen-bond donors (Lipinski definition) is 2. The monoisotopic (exact) mass is 254 g/mol. The smallest absolute Gasteiger partial charge is 0.227 e. The van der Waals surface area contributed by atoms with Crippen LogP contribution in [0, 0.1) is 0 Å². The Morgan fingerprint density at radius 1 is 1.39 bits per heavy atom. The highest BCUT2D eigenvalue weighted by molar-refractivity contribution is 5.76. The predicted octanol–water partition coefficient (Wildman–Crippen LogP) is 0.850. The molecule has 6 nitrogen and oxygen atoms in total. The maximum atomic E-state index is 11.5. The van der Waals surface area contributed by atoms with E-state index < -0.39 is 0 Å². The quantitative estimate of drug-likeness (QED) is 0.754. The van der Waals surface area contributed by atoms with E-state index in [1.54, 1.807) is 0 Å². The van der Waals surface area contributed by atoms with Gasteiger partial charge in [-0.1, -0.05) is 19.0 Å². The Bertz CT molecular complexity index is 376. The summed E-state index contributed by atoms with van der Waals surface area (Å²) < 4.78 is 5.07. The molecule has 1 aromatic rings. The number of carbonyl (C=O) groups excluding carboxylic acids is 1. The normalized spacial score (nSPS) is 12.7. The molecule has 2 N–H and O–H groups in total. The molecule has 0 saturated heterocycles. The van der Waals surface area contributed by atoms with Crippen LogP contribution in [-0.2, 0) is 11.2 Å². The van der Waals surface area contributed by atoms with Crippen LogP contribution in [0.3, 0.4) is 0 Å². The van der Waals surface area contributed by atoms with Gasteiger partial charge in [-0.2, -0.15) is 4.98 Å². The van der Waals surface area contributed by atoms with Crippen LogP contribution < -0.4 is 10.6 Å². The fourth-order valence-electron chi connectivity index (χ4n) is 1.28. The maximum absolute atomic E-state index is 11.5. The number of nitrogens with zero attached hydrogens (tertiary/aromatic N) is 2. The van der Waals surface area contributed by atoms with Gasteiger partial charge in [0.1, 0.15) is 0 Å². The van der Waals surface area contributed by atoms with Crippen LogP contribution in [0.15, 0.2) is 4.52 Å². The molecule has 0 radical (unpaired) electrons. The van der Waals surface area contributed by atoms with Crippen LogP contribution in [0.4, 0.5) is 0 Å². The van der Waals surface area contributed by atoms with Crippen molar-refractivity contribution in [1.82, 2.24) is 20.8 Å². The molecule has 1 aromatic heterocycles. The van der Waals surface area contributed by atoms with E-state index in [9.17, 15) is 4.79 Å². The average molecular weight is 254 g/mol. The Hall–Kier alpha value is -1.43. The van der Waals surface area contributed by atoms with Crippen molar-refractivity contribution in [2.24, 2.45) is 0 Å². The van der Waals surface area contributed by atoms with E-state index in [0.717, 1.165) is 0 Å². The Balaban J connectivity index is 2.29. The first-order valence-electron chi connectivity index (χ1n) is 6.29. The molecule has 1 amide bonds. The van der Waals surface area contributed by atoms with Gasteiger partial charge in [-0.3, -0.25) is 4.79 Å². The topological polar surface area (TPSA) is 80.0 Å². The number of amides is 1. The molecule has 0 bridgehead atoms. The molecule has 0 saturated carbocycles. The number of carbonyl (C=O) groups is 1. The van der Waals surface area contributed by atoms with Crippen molar-refractivity contribution >= 4 is 5.91 Å². The van der Waals surface area contributed by atoms with Gasteiger partial charge in [-0.05, 0) is 14.0 Å². The summed E-state index contributed by atoms with van der Waals surface area (Å²) in [6.45, 7) is 6.63. The molecular weight excluding hydrogens is 232 g/mol. The molecule has 1 rings (SSSR count). The molecule has 6 heteroatoms. The number of hydrogen-bond acceptors (Lipinski definition) is 5. The Kier molecular flexibility index (Phi) is 5.77. The number of nitrogens with one attached hydrogen (secondary N) is 2. The summed E-state index contributed by atoms with van der Waals surface area (Å²) in [5, 5.41) is 9.75. The van der Waals surface area contributed by atoms with Crippen LogP contribution in [-0.4, -0.2) is 35.7 Å². The molecule has 0 spiro atoms. The van der Waals surface area contributed by atoms with Crippen LogP contribution in [0.25, 0.3) is 0 Å². The van der Waals surface area contributed by atoms with Gasteiger partial charge in [0.2, 0.25) is 11.8 Å². The van der Waals surface area contributed by atoms with Crippen LogP contribution in [0.1, 0.15) is 44.8 Å². The van der Waals surface area contributed by atoms with Gasteiger partial charge in [0.05, 0.1) is 0 Å². The van der Waals surface area contributed by atoms with Crippen molar-refractivity contribution in [3.63, 3.8) is 0 Å². The van der Waals surface area contributed by atoms with Crippen molar-refractivity contribution in [2.45, 2.75) is 45.6 Å². The van der Waals surface area contributed by atoms with Crippen molar-refractivity contribution in [3.05, 3.63) is 11.7 Å². The lowest BCUT2D eigenvalue weighted by Gasteiger charge is -2.10. The lowest BCUT2D eigenvalue weighted by molar-refractivity contribution is -0.121. The molecule has 18 heavy (non-hydrogen) atoms. The zero-order valence-corrected chi connectivity index (χ0v) is 11.5. The van der Waals surface area contributed by atoms with Crippen LogP contribution in [0.5, 0.6) is 0 Å². The Morgan fingerprint density at radius 2 is 2.11 bits per heavy atom. The number of aryl methyl sites for hydroxylation is 1. The number of likely N-dealkylation sites (N-methyl/N-ethyl adjacent to an activating group) is 1. The third-order valence-corrected chi connectivity index (χ3v) is 2.66. The van der Waals surface area contributed by atoms with E-state index in [1.165, 1.54) is 0 Å². The van der Waals surface area contributed by atoms with E-state index in [1.807, 2.05) is 27.8 Å². The van der Waals surface area contributed by atoms with Crippen molar-refractivity contribution in [3.8, 4) is 0 Å². The molecule has 0 aromatic carbocycles. The van der Waals surface area contributed by atoms with E-state index in [2.05, 4.69) is 20.8 Å². The van der Waals surface area contributed by atoms with Gasteiger partial charge in [0, 0.05) is 31.3 Å². The lowest BCUT2D eigenvalue weighted by atomic mass is 10.2. The Morgan fingerprint density at radius 3 is 2.67 bits per heavy atom. The lowest BCUT2D eigenvalue weighted by Crippen LogP contribution is -2.37. The molecule has 0 aliphatic heterocycles. The van der Waals surface area contributed by atoms with Gasteiger partial charge < -0.3 is 15.2 Å². The summed E-state index contributed by atoms with van der Waals surface area (Å²) in [4.78, 5) is 15.8. The van der Waals surface area contributed by atoms with Crippen LogP contribution >= 0.6 is 0 Å². The minimum absolute atomic E-state index is 0.00129. The Labute approximate surface area is 108 Å². The van der Waals surface area contributed by atoms with Gasteiger partial charge in [-0.25, -0.2) is 0 Å². The van der Waals surface area contributed by atoms with E-state index in [-0.39, 0.29) is 17.9 Å². The second-order valence-corrected chi connectivity index (χ2v) is 4.69. The first-order valence-corrected chi connectivity index (χ1v) is 6.29. The molecular formula is C12H22N4O2. The van der Waals surface area contributed by atoms with Gasteiger partial charge in [0.25, 0.3) is 0 Å². The third kappa shape index (κ3) is 4.83. The van der Waals surface area contributed by atoms with Crippen LogP contribution in [0.2, 0.25) is 0 Å². The summed E-state index contributed by atoms with van der Waals surface area (Å²) in [6, 6.07) is 0.268. The van der Waals surface area contributed by atoms with Crippen molar-refractivity contribution in [1.29, 1.82) is 0 Å². The second kappa shape index (κ2) is 7.10. The fraction of sp³-hybridized carbons (Fsp3) is 0.750. The summed E-state index contributed by atoms with van der Waals surface area (Å²) in [7, 11) is 1.86. The summed E-state index contributed by atoms with van der Waals surface area (Å²) in [6.07, 6.45) is 0.857. The van der Waals surface area contributed by atoms with Gasteiger partial charge >= 0.3 is 0 Å². The zero-order chi connectivity index (χ0) is 13.5. The van der Waals surface area contributed by atoms with E-state index >= 15 is 0 Å². The first kappa shape index (κ1) is 14.6. The minimum atomic E-state index is 0.00129.